The zero-order valence-corrected chi connectivity index (χ0v) is 15.4. The number of benzene rings is 2. The van der Waals surface area contributed by atoms with Crippen LogP contribution in [-0.4, -0.2) is 31.6 Å². The van der Waals surface area contributed by atoms with Gasteiger partial charge in [-0.3, -0.25) is 4.79 Å². The van der Waals surface area contributed by atoms with Crippen LogP contribution < -0.4 is 14.2 Å². The first-order valence-electron chi connectivity index (χ1n) is 8.57. The molecule has 6 nitrogen and oxygen atoms in total. The Morgan fingerprint density at radius 3 is 2.74 bits per heavy atom. The van der Waals surface area contributed by atoms with Crippen molar-refractivity contribution >= 4 is 17.8 Å². The molecule has 0 fully saturated rings. The van der Waals surface area contributed by atoms with E-state index in [4.69, 9.17) is 18.9 Å². The van der Waals surface area contributed by atoms with Crippen LogP contribution >= 0.6 is 0 Å². The number of carbonyl (C=O) groups excluding carboxylic acids is 2. The van der Waals surface area contributed by atoms with Gasteiger partial charge in [-0.05, 0) is 49.8 Å². The molecule has 0 saturated heterocycles. The first kappa shape index (κ1) is 18.5. The number of ether oxygens (including phenoxy) is 4. The fourth-order valence-corrected chi connectivity index (χ4v) is 2.64. The van der Waals surface area contributed by atoms with Crippen LogP contribution in [0.1, 0.15) is 29.8 Å². The van der Waals surface area contributed by atoms with Crippen molar-refractivity contribution in [3.05, 3.63) is 59.4 Å². The fourth-order valence-electron chi connectivity index (χ4n) is 2.64. The van der Waals surface area contributed by atoms with E-state index in [1.165, 1.54) is 0 Å². The molecule has 27 heavy (non-hydrogen) atoms. The van der Waals surface area contributed by atoms with Crippen LogP contribution in [0.15, 0.2) is 48.2 Å². The Kier molecular flexibility index (Phi) is 5.45. The molecule has 0 spiro atoms. The molecule has 0 amide bonds. The summed E-state index contributed by atoms with van der Waals surface area (Å²) < 4.78 is 21.4. The molecule has 0 N–H and O–H groups in total. The summed E-state index contributed by atoms with van der Waals surface area (Å²) in [6.45, 7) is 3.62. The molecule has 140 valence electrons. The van der Waals surface area contributed by atoms with E-state index in [9.17, 15) is 9.59 Å². The van der Waals surface area contributed by atoms with Crippen molar-refractivity contribution in [3.63, 3.8) is 0 Å². The summed E-state index contributed by atoms with van der Waals surface area (Å²) in [6.07, 6.45) is 0.902. The van der Waals surface area contributed by atoms with Crippen molar-refractivity contribution in [2.45, 2.75) is 20.0 Å². The lowest BCUT2D eigenvalue weighted by molar-refractivity contribution is -0.150. The normalized spacial score (nSPS) is 15.1. The van der Waals surface area contributed by atoms with Gasteiger partial charge >= 0.3 is 5.97 Å². The molecular weight excluding hydrogens is 348 g/mol. The number of allylic oxidation sites excluding steroid dienone is 1. The number of hydrogen-bond acceptors (Lipinski definition) is 6. The zero-order valence-electron chi connectivity index (χ0n) is 15.4. The molecule has 1 aliphatic heterocycles. The smallest absolute Gasteiger partial charge is 0.347 e. The van der Waals surface area contributed by atoms with Crippen LogP contribution in [0, 0.1) is 0 Å². The van der Waals surface area contributed by atoms with E-state index >= 15 is 0 Å². The molecule has 1 aliphatic rings. The van der Waals surface area contributed by atoms with Crippen LogP contribution in [0.5, 0.6) is 17.2 Å². The quantitative estimate of drug-likeness (QED) is 0.573. The summed E-state index contributed by atoms with van der Waals surface area (Å²) in [5, 5.41) is 0. The SMILES string of the molecule is CCOC(=O)[C@H](C)Oc1ccc2c(c1)OC(=Cc1cccc(OC)c1)C2=O. The molecule has 0 bridgehead atoms. The molecule has 0 radical (unpaired) electrons. The van der Waals surface area contributed by atoms with Gasteiger partial charge in [0, 0.05) is 6.07 Å². The highest BCUT2D eigenvalue weighted by Crippen LogP contribution is 2.35. The van der Waals surface area contributed by atoms with Gasteiger partial charge in [0.25, 0.3) is 0 Å². The Hall–Kier alpha value is -3.28. The highest BCUT2D eigenvalue weighted by Gasteiger charge is 2.28. The second-order valence-electron chi connectivity index (χ2n) is 5.89. The standard InChI is InChI=1S/C21H20O6/c1-4-25-21(23)13(2)26-16-8-9-17-18(12-16)27-19(20(17)22)11-14-6-5-7-15(10-14)24-3/h5-13H,4H2,1-3H3/t13-/m0/s1. The van der Waals surface area contributed by atoms with Crippen LogP contribution in [0.2, 0.25) is 0 Å². The number of hydrogen-bond donors (Lipinski definition) is 0. The minimum absolute atomic E-state index is 0.210. The number of esters is 1. The third-order valence-corrected chi connectivity index (χ3v) is 3.96. The van der Waals surface area contributed by atoms with E-state index in [0.29, 0.717) is 22.8 Å². The Morgan fingerprint density at radius 1 is 1.19 bits per heavy atom. The van der Waals surface area contributed by atoms with Gasteiger partial charge in [-0.2, -0.15) is 0 Å². The minimum atomic E-state index is -0.757. The van der Waals surface area contributed by atoms with Gasteiger partial charge in [0.05, 0.1) is 19.3 Å². The summed E-state index contributed by atoms with van der Waals surface area (Å²) in [5.41, 5.74) is 1.23. The van der Waals surface area contributed by atoms with Crippen LogP contribution in [0.4, 0.5) is 0 Å². The van der Waals surface area contributed by atoms with Crippen LogP contribution in [0.3, 0.4) is 0 Å². The summed E-state index contributed by atoms with van der Waals surface area (Å²) in [6, 6.07) is 12.2. The van der Waals surface area contributed by atoms with E-state index < -0.39 is 12.1 Å². The topological polar surface area (TPSA) is 71.1 Å². The number of fused-ring (bicyclic) bond motifs is 1. The van der Waals surface area contributed by atoms with E-state index in [1.807, 2.05) is 24.3 Å². The Morgan fingerprint density at radius 2 is 2.00 bits per heavy atom. The summed E-state index contributed by atoms with van der Waals surface area (Å²) in [5.74, 6) is 1.06. The lowest BCUT2D eigenvalue weighted by Crippen LogP contribution is -2.26. The van der Waals surface area contributed by atoms with Crippen molar-refractivity contribution in [1.82, 2.24) is 0 Å². The molecular formula is C21H20O6. The molecule has 1 heterocycles. The molecule has 6 heteroatoms. The molecule has 2 aromatic rings. The van der Waals surface area contributed by atoms with E-state index in [2.05, 4.69) is 0 Å². The Labute approximate surface area is 157 Å². The van der Waals surface area contributed by atoms with E-state index in [-0.39, 0.29) is 18.1 Å². The molecule has 0 unspecified atom stereocenters. The third kappa shape index (κ3) is 4.11. The third-order valence-electron chi connectivity index (χ3n) is 3.96. The molecule has 0 aliphatic carbocycles. The second-order valence-corrected chi connectivity index (χ2v) is 5.89. The highest BCUT2D eigenvalue weighted by atomic mass is 16.6. The van der Waals surface area contributed by atoms with Gasteiger partial charge in [-0.25, -0.2) is 4.79 Å². The van der Waals surface area contributed by atoms with E-state index in [0.717, 1.165) is 5.56 Å². The van der Waals surface area contributed by atoms with Crippen molar-refractivity contribution in [2.24, 2.45) is 0 Å². The zero-order chi connectivity index (χ0) is 19.4. The number of rotatable bonds is 6. The summed E-state index contributed by atoms with van der Waals surface area (Å²) in [7, 11) is 1.58. The number of methoxy groups -OCH3 is 1. The summed E-state index contributed by atoms with van der Waals surface area (Å²) in [4.78, 5) is 24.2. The lowest BCUT2D eigenvalue weighted by Gasteiger charge is -2.13. The maximum atomic E-state index is 12.5. The lowest BCUT2D eigenvalue weighted by atomic mass is 10.1. The van der Waals surface area contributed by atoms with Gasteiger partial charge in [-0.15, -0.1) is 0 Å². The fraction of sp³-hybridized carbons (Fsp3) is 0.238. The van der Waals surface area contributed by atoms with Gasteiger partial charge < -0.3 is 18.9 Å². The maximum absolute atomic E-state index is 12.5. The summed E-state index contributed by atoms with van der Waals surface area (Å²) >= 11 is 0. The Bertz CT molecular complexity index is 899. The highest BCUT2D eigenvalue weighted by molar-refractivity contribution is 6.14. The Balaban J connectivity index is 1.79. The first-order valence-corrected chi connectivity index (χ1v) is 8.57. The van der Waals surface area contributed by atoms with Crippen molar-refractivity contribution < 1.29 is 28.5 Å². The van der Waals surface area contributed by atoms with Crippen molar-refractivity contribution in [3.8, 4) is 17.2 Å². The van der Waals surface area contributed by atoms with Crippen LogP contribution in [0.25, 0.3) is 6.08 Å². The molecule has 1 atom stereocenters. The molecule has 3 rings (SSSR count). The number of ketones is 1. The second kappa shape index (κ2) is 7.95. The first-order chi connectivity index (χ1) is 13.0. The predicted molar refractivity (Wildman–Crippen MR) is 99.1 cm³/mol. The minimum Gasteiger partial charge on any atom is -0.497 e. The largest absolute Gasteiger partial charge is 0.497 e. The molecule has 2 aromatic carbocycles. The molecule has 0 saturated carbocycles. The van der Waals surface area contributed by atoms with E-state index in [1.54, 1.807) is 45.2 Å². The van der Waals surface area contributed by atoms with Crippen molar-refractivity contribution in [2.75, 3.05) is 13.7 Å². The predicted octanol–water partition coefficient (Wildman–Crippen LogP) is 3.64. The van der Waals surface area contributed by atoms with Gasteiger partial charge in [0.1, 0.15) is 17.2 Å². The van der Waals surface area contributed by atoms with Crippen molar-refractivity contribution in [1.29, 1.82) is 0 Å². The number of carbonyl (C=O) groups is 2. The molecule has 0 aromatic heterocycles. The average molecular weight is 368 g/mol. The van der Waals surface area contributed by atoms with Crippen LogP contribution in [-0.2, 0) is 9.53 Å². The van der Waals surface area contributed by atoms with Gasteiger partial charge in [0.2, 0.25) is 5.78 Å². The number of Topliss-reactive ketones (excluding diaryl/α,β-unsaturated/α-hetero) is 1. The monoisotopic (exact) mass is 368 g/mol. The van der Waals surface area contributed by atoms with Gasteiger partial charge in [0.15, 0.2) is 11.9 Å². The maximum Gasteiger partial charge on any atom is 0.347 e. The average Bonchev–Trinajstić information content (AvgIpc) is 2.97. The van der Waals surface area contributed by atoms with Gasteiger partial charge in [-0.1, -0.05) is 12.1 Å².